The smallest absolute Gasteiger partial charge is 0.307 e. The lowest BCUT2D eigenvalue weighted by molar-refractivity contribution is -0.142. The van der Waals surface area contributed by atoms with Crippen molar-refractivity contribution in [2.24, 2.45) is 5.92 Å². The Morgan fingerprint density at radius 1 is 1.10 bits per heavy atom. The van der Waals surface area contributed by atoms with Crippen LogP contribution in [0.1, 0.15) is 58.3 Å². The molecular weight excluding hydrogens is 258 g/mol. The van der Waals surface area contributed by atoms with Crippen molar-refractivity contribution >= 4 is 11.9 Å². The minimum Gasteiger partial charge on any atom is -0.481 e. The van der Waals surface area contributed by atoms with Gasteiger partial charge in [0.2, 0.25) is 0 Å². The summed E-state index contributed by atoms with van der Waals surface area (Å²) in [6.07, 6.45) is 8.29. The number of hydrogen-bond donors (Lipinski definition) is 2. The predicted molar refractivity (Wildman–Crippen MR) is 76.7 cm³/mol. The number of carboxylic acid groups (broad SMARTS) is 2. The first-order chi connectivity index (χ1) is 9.50. The van der Waals surface area contributed by atoms with Crippen molar-refractivity contribution in [1.82, 2.24) is 4.90 Å². The zero-order chi connectivity index (χ0) is 15.0. The highest BCUT2D eigenvalue weighted by Crippen LogP contribution is 2.22. The number of rotatable bonds is 7. The molecule has 0 heterocycles. The van der Waals surface area contributed by atoms with Gasteiger partial charge in [0.15, 0.2) is 0 Å². The van der Waals surface area contributed by atoms with Crippen LogP contribution in [0.25, 0.3) is 0 Å². The molecule has 0 aromatic rings. The second kappa shape index (κ2) is 8.95. The first kappa shape index (κ1) is 17.0. The van der Waals surface area contributed by atoms with E-state index in [1.165, 1.54) is 19.3 Å². The summed E-state index contributed by atoms with van der Waals surface area (Å²) in [6.45, 7) is 2.60. The summed E-state index contributed by atoms with van der Waals surface area (Å²) in [4.78, 5) is 23.9. The van der Waals surface area contributed by atoms with Gasteiger partial charge in [-0.1, -0.05) is 39.0 Å². The maximum atomic E-state index is 11.0. The molecule has 5 heteroatoms. The third-order valence-electron chi connectivity index (χ3n) is 4.13. The maximum absolute atomic E-state index is 11.0. The van der Waals surface area contributed by atoms with Gasteiger partial charge >= 0.3 is 11.9 Å². The molecule has 0 aromatic carbocycles. The summed E-state index contributed by atoms with van der Waals surface area (Å²) in [5.41, 5.74) is 0. The number of hydrogen-bond acceptors (Lipinski definition) is 3. The highest BCUT2D eigenvalue weighted by atomic mass is 16.4. The highest BCUT2D eigenvalue weighted by Gasteiger charge is 2.24. The first-order valence-electron chi connectivity index (χ1n) is 7.69. The van der Waals surface area contributed by atoms with E-state index in [4.69, 9.17) is 10.2 Å². The molecule has 0 radical (unpaired) electrons. The van der Waals surface area contributed by atoms with Gasteiger partial charge in [-0.3, -0.25) is 14.5 Å². The molecule has 0 spiro atoms. The standard InChI is InChI=1S/C15H27NO4/c1-12(15(19)20)11-16(10-9-14(17)18)13-7-5-3-2-4-6-8-13/h12-13H,2-11H2,1H3,(H,17,18)(H,19,20). The van der Waals surface area contributed by atoms with Crippen molar-refractivity contribution in [3.8, 4) is 0 Å². The molecule has 2 N–H and O–H groups in total. The molecule has 0 saturated heterocycles. The molecule has 0 bridgehead atoms. The van der Waals surface area contributed by atoms with Gasteiger partial charge in [0.1, 0.15) is 0 Å². The Bertz CT molecular complexity index is 311. The summed E-state index contributed by atoms with van der Waals surface area (Å²) in [6, 6.07) is 0.344. The fourth-order valence-electron chi connectivity index (χ4n) is 2.89. The molecule has 1 atom stereocenters. The molecule has 116 valence electrons. The summed E-state index contributed by atoms with van der Waals surface area (Å²) < 4.78 is 0. The van der Waals surface area contributed by atoms with Gasteiger partial charge in [0, 0.05) is 19.1 Å². The molecule has 1 fully saturated rings. The Balaban J connectivity index is 2.62. The van der Waals surface area contributed by atoms with Crippen molar-refractivity contribution in [2.75, 3.05) is 13.1 Å². The number of carbonyl (C=O) groups is 2. The van der Waals surface area contributed by atoms with Crippen LogP contribution < -0.4 is 0 Å². The highest BCUT2D eigenvalue weighted by molar-refractivity contribution is 5.69. The van der Waals surface area contributed by atoms with E-state index >= 15 is 0 Å². The third-order valence-corrected chi connectivity index (χ3v) is 4.13. The van der Waals surface area contributed by atoms with Gasteiger partial charge in [-0.25, -0.2) is 0 Å². The van der Waals surface area contributed by atoms with Crippen molar-refractivity contribution in [2.45, 2.75) is 64.3 Å². The van der Waals surface area contributed by atoms with Gasteiger partial charge in [-0.05, 0) is 12.8 Å². The third kappa shape index (κ3) is 6.37. The van der Waals surface area contributed by atoms with Crippen LogP contribution in [0.5, 0.6) is 0 Å². The van der Waals surface area contributed by atoms with Crippen LogP contribution in [-0.2, 0) is 9.59 Å². The summed E-state index contributed by atoms with van der Waals surface area (Å²) in [7, 11) is 0. The topological polar surface area (TPSA) is 77.8 Å². The Morgan fingerprint density at radius 3 is 2.15 bits per heavy atom. The van der Waals surface area contributed by atoms with E-state index in [-0.39, 0.29) is 6.42 Å². The Kier molecular flexibility index (Phi) is 7.59. The van der Waals surface area contributed by atoms with Crippen LogP contribution in [0.15, 0.2) is 0 Å². The van der Waals surface area contributed by atoms with Crippen LogP contribution in [0, 0.1) is 5.92 Å². The maximum Gasteiger partial charge on any atom is 0.307 e. The van der Waals surface area contributed by atoms with Gasteiger partial charge in [-0.15, -0.1) is 0 Å². The minimum atomic E-state index is -0.816. The van der Waals surface area contributed by atoms with E-state index in [2.05, 4.69) is 4.90 Å². The van der Waals surface area contributed by atoms with E-state index in [0.29, 0.717) is 19.1 Å². The van der Waals surface area contributed by atoms with E-state index < -0.39 is 17.9 Å². The molecule has 1 aliphatic rings. The quantitative estimate of drug-likeness (QED) is 0.751. The largest absolute Gasteiger partial charge is 0.481 e. The van der Waals surface area contributed by atoms with Crippen molar-refractivity contribution < 1.29 is 19.8 Å². The summed E-state index contributed by atoms with van der Waals surface area (Å²) in [5, 5.41) is 17.9. The van der Waals surface area contributed by atoms with Crippen molar-refractivity contribution in [3.05, 3.63) is 0 Å². The number of carboxylic acids is 2. The lowest BCUT2D eigenvalue weighted by atomic mass is 9.94. The van der Waals surface area contributed by atoms with Crippen LogP contribution in [0.2, 0.25) is 0 Å². The summed E-state index contributed by atoms with van der Waals surface area (Å²) in [5.74, 6) is -2.07. The van der Waals surface area contributed by atoms with E-state index in [1.807, 2.05) is 0 Å². The monoisotopic (exact) mass is 285 g/mol. The van der Waals surface area contributed by atoms with Gasteiger partial charge in [0.05, 0.1) is 12.3 Å². The van der Waals surface area contributed by atoms with E-state index in [1.54, 1.807) is 6.92 Å². The van der Waals surface area contributed by atoms with Crippen LogP contribution in [0.4, 0.5) is 0 Å². The zero-order valence-corrected chi connectivity index (χ0v) is 12.4. The first-order valence-corrected chi connectivity index (χ1v) is 7.69. The Morgan fingerprint density at radius 2 is 1.65 bits per heavy atom. The average molecular weight is 285 g/mol. The SMILES string of the molecule is CC(CN(CCC(=O)O)C1CCCCCCC1)C(=O)O. The molecule has 0 aromatic heterocycles. The van der Waals surface area contributed by atoms with Gasteiger partial charge < -0.3 is 10.2 Å². The van der Waals surface area contributed by atoms with Crippen molar-refractivity contribution in [1.29, 1.82) is 0 Å². The Labute approximate surface area is 121 Å². The molecule has 20 heavy (non-hydrogen) atoms. The molecule has 1 saturated carbocycles. The molecule has 5 nitrogen and oxygen atoms in total. The summed E-state index contributed by atoms with van der Waals surface area (Å²) >= 11 is 0. The molecule has 0 amide bonds. The van der Waals surface area contributed by atoms with Crippen molar-refractivity contribution in [3.63, 3.8) is 0 Å². The van der Waals surface area contributed by atoms with E-state index in [9.17, 15) is 9.59 Å². The lowest BCUT2D eigenvalue weighted by Crippen LogP contribution is -2.41. The average Bonchev–Trinajstić information content (AvgIpc) is 2.34. The fourth-order valence-corrected chi connectivity index (χ4v) is 2.89. The number of nitrogens with zero attached hydrogens (tertiary/aromatic N) is 1. The van der Waals surface area contributed by atoms with Gasteiger partial charge in [-0.2, -0.15) is 0 Å². The molecule has 1 unspecified atom stereocenters. The van der Waals surface area contributed by atoms with Gasteiger partial charge in [0.25, 0.3) is 0 Å². The predicted octanol–water partition coefficient (Wildman–Crippen LogP) is 2.60. The molecule has 1 aliphatic carbocycles. The van der Waals surface area contributed by atoms with E-state index in [0.717, 1.165) is 25.7 Å². The minimum absolute atomic E-state index is 0.0861. The molecule has 0 aliphatic heterocycles. The van der Waals surface area contributed by atoms with Crippen LogP contribution in [0.3, 0.4) is 0 Å². The number of aliphatic carboxylic acids is 2. The lowest BCUT2D eigenvalue weighted by Gasteiger charge is -2.33. The second-order valence-electron chi connectivity index (χ2n) is 5.88. The molecular formula is C15H27NO4. The van der Waals surface area contributed by atoms with Crippen LogP contribution in [-0.4, -0.2) is 46.2 Å². The second-order valence-corrected chi connectivity index (χ2v) is 5.88. The normalized spacial score (nSPS) is 19.3. The van der Waals surface area contributed by atoms with Crippen LogP contribution >= 0.6 is 0 Å². The Hall–Kier alpha value is -1.10. The zero-order valence-electron chi connectivity index (χ0n) is 12.4. The molecule has 1 rings (SSSR count). The fraction of sp³-hybridized carbons (Fsp3) is 0.867.